The van der Waals surface area contributed by atoms with Crippen LogP contribution in [-0.2, 0) is 4.84 Å². The molecule has 5 heteroatoms. The van der Waals surface area contributed by atoms with Crippen molar-refractivity contribution in [2.75, 3.05) is 13.1 Å². The summed E-state index contributed by atoms with van der Waals surface area (Å²) in [5, 5.41) is 3.15. The van der Waals surface area contributed by atoms with Crippen molar-refractivity contribution in [3.05, 3.63) is 46.8 Å². The molecule has 132 valence electrons. The number of allylic oxidation sites excluding steroid dienone is 1. The maximum Gasteiger partial charge on any atom is 0.130 e. The van der Waals surface area contributed by atoms with Gasteiger partial charge in [-0.05, 0) is 78.7 Å². The van der Waals surface area contributed by atoms with Gasteiger partial charge >= 0.3 is 0 Å². The standard InChI is InChI=1S/C20H23BrN2O2/c1-14-10-12-23(25-14)13-15-5-7-16(8-6-15)24-19-9-11-22-20-17(19)3-2-4-18(20)21/h2-4,9-11,15-16H,5-8,12-13H2,1H3. The summed E-state index contributed by atoms with van der Waals surface area (Å²) in [6, 6.07) is 8.10. The van der Waals surface area contributed by atoms with Gasteiger partial charge in [0.05, 0.1) is 18.2 Å². The van der Waals surface area contributed by atoms with Crippen LogP contribution in [0.2, 0.25) is 0 Å². The van der Waals surface area contributed by atoms with Crippen LogP contribution in [0.5, 0.6) is 5.75 Å². The van der Waals surface area contributed by atoms with Crippen molar-refractivity contribution < 1.29 is 9.57 Å². The lowest BCUT2D eigenvalue weighted by molar-refractivity contribution is -0.104. The minimum absolute atomic E-state index is 0.292. The third-order valence-corrected chi connectivity index (χ3v) is 5.73. The quantitative estimate of drug-likeness (QED) is 0.713. The number of para-hydroxylation sites is 1. The highest BCUT2D eigenvalue weighted by atomic mass is 79.9. The van der Waals surface area contributed by atoms with E-state index in [1.54, 1.807) is 0 Å². The van der Waals surface area contributed by atoms with E-state index in [1.807, 2.05) is 31.3 Å². The zero-order valence-corrected chi connectivity index (χ0v) is 16.0. The number of aromatic nitrogens is 1. The molecule has 0 bridgehead atoms. The first kappa shape index (κ1) is 16.9. The number of hydroxylamine groups is 2. The van der Waals surface area contributed by atoms with Crippen LogP contribution in [-0.4, -0.2) is 29.2 Å². The lowest BCUT2D eigenvalue weighted by atomic mass is 9.87. The summed E-state index contributed by atoms with van der Waals surface area (Å²) in [6.07, 6.45) is 8.84. The van der Waals surface area contributed by atoms with Gasteiger partial charge in [0, 0.05) is 22.6 Å². The third-order valence-electron chi connectivity index (χ3n) is 5.09. The molecule has 2 aliphatic rings. The van der Waals surface area contributed by atoms with E-state index < -0.39 is 0 Å². The minimum atomic E-state index is 0.292. The van der Waals surface area contributed by atoms with E-state index >= 15 is 0 Å². The van der Waals surface area contributed by atoms with Crippen LogP contribution in [0.1, 0.15) is 32.6 Å². The van der Waals surface area contributed by atoms with Crippen LogP contribution in [0.3, 0.4) is 0 Å². The Labute approximate surface area is 156 Å². The zero-order chi connectivity index (χ0) is 17.2. The molecule has 0 radical (unpaired) electrons. The number of nitrogens with zero attached hydrogens (tertiary/aromatic N) is 2. The molecule has 1 aromatic carbocycles. The van der Waals surface area contributed by atoms with E-state index in [2.05, 4.69) is 38.1 Å². The van der Waals surface area contributed by atoms with Gasteiger partial charge in [-0.1, -0.05) is 6.07 Å². The molecule has 0 saturated heterocycles. The molecule has 4 nitrogen and oxygen atoms in total. The van der Waals surface area contributed by atoms with Crippen LogP contribution in [0, 0.1) is 5.92 Å². The van der Waals surface area contributed by atoms with Gasteiger partial charge in [0.2, 0.25) is 0 Å². The smallest absolute Gasteiger partial charge is 0.130 e. The van der Waals surface area contributed by atoms with Crippen LogP contribution in [0.25, 0.3) is 10.9 Å². The molecule has 1 aliphatic heterocycles. The van der Waals surface area contributed by atoms with Crippen LogP contribution >= 0.6 is 15.9 Å². The van der Waals surface area contributed by atoms with E-state index in [-0.39, 0.29) is 0 Å². The number of hydrogen-bond acceptors (Lipinski definition) is 4. The summed E-state index contributed by atoms with van der Waals surface area (Å²) in [5.74, 6) is 2.66. The predicted molar refractivity (Wildman–Crippen MR) is 102 cm³/mol. The predicted octanol–water partition coefficient (Wildman–Crippen LogP) is 5.09. The SMILES string of the molecule is CC1=CCN(CC2CCC(Oc3ccnc4c(Br)cccc34)CC2)O1. The molecular weight excluding hydrogens is 380 g/mol. The summed E-state index contributed by atoms with van der Waals surface area (Å²) in [6.45, 7) is 3.95. The first-order valence-electron chi connectivity index (χ1n) is 8.98. The number of benzene rings is 1. The second kappa shape index (κ2) is 7.34. The van der Waals surface area contributed by atoms with Gasteiger partial charge < -0.3 is 9.57 Å². The Hall–Kier alpha value is -1.59. The Morgan fingerprint density at radius 1 is 1.24 bits per heavy atom. The first-order chi connectivity index (χ1) is 12.2. The molecule has 1 saturated carbocycles. The maximum absolute atomic E-state index is 6.34. The van der Waals surface area contributed by atoms with Crippen LogP contribution in [0.4, 0.5) is 0 Å². The van der Waals surface area contributed by atoms with Gasteiger partial charge in [-0.2, -0.15) is 0 Å². The van der Waals surface area contributed by atoms with Crippen LogP contribution < -0.4 is 4.74 Å². The number of pyridine rings is 1. The summed E-state index contributed by atoms with van der Waals surface area (Å²) in [5.41, 5.74) is 0.961. The molecule has 0 unspecified atom stereocenters. The van der Waals surface area contributed by atoms with Crippen molar-refractivity contribution >= 4 is 26.8 Å². The van der Waals surface area contributed by atoms with E-state index in [0.717, 1.165) is 52.8 Å². The second-order valence-corrected chi connectivity index (χ2v) is 7.81. The summed E-state index contributed by atoms with van der Waals surface area (Å²) in [4.78, 5) is 10.2. The first-order valence-corrected chi connectivity index (χ1v) is 9.78. The Kier molecular flexibility index (Phi) is 4.95. The number of ether oxygens (including phenoxy) is 1. The molecule has 1 fully saturated rings. The summed E-state index contributed by atoms with van der Waals surface area (Å²) in [7, 11) is 0. The summed E-state index contributed by atoms with van der Waals surface area (Å²) < 4.78 is 7.35. The van der Waals surface area contributed by atoms with Crippen molar-refractivity contribution in [3.63, 3.8) is 0 Å². The Morgan fingerprint density at radius 3 is 2.84 bits per heavy atom. The fourth-order valence-corrected chi connectivity index (χ4v) is 4.21. The molecular formula is C20H23BrN2O2. The average Bonchev–Trinajstić information content (AvgIpc) is 3.02. The number of hydrogen-bond donors (Lipinski definition) is 0. The normalized spacial score (nSPS) is 24.2. The molecule has 2 heterocycles. The monoisotopic (exact) mass is 402 g/mol. The van der Waals surface area contributed by atoms with Crippen LogP contribution in [0.15, 0.2) is 46.8 Å². The Bertz CT molecular complexity index is 784. The van der Waals surface area contributed by atoms with E-state index in [9.17, 15) is 0 Å². The second-order valence-electron chi connectivity index (χ2n) is 6.96. The van der Waals surface area contributed by atoms with Crippen molar-refractivity contribution in [3.8, 4) is 5.75 Å². The fraction of sp³-hybridized carbons (Fsp3) is 0.450. The van der Waals surface area contributed by atoms with E-state index in [1.165, 1.54) is 12.8 Å². The Balaban J connectivity index is 1.35. The fourth-order valence-electron chi connectivity index (χ4n) is 3.74. The molecule has 0 amide bonds. The zero-order valence-electron chi connectivity index (χ0n) is 14.5. The van der Waals surface area contributed by atoms with Gasteiger partial charge in [0.15, 0.2) is 0 Å². The molecule has 25 heavy (non-hydrogen) atoms. The molecule has 4 rings (SSSR count). The van der Waals surface area contributed by atoms with Crippen molar-refractivity contribution in [2.45, 2.75) is 38.7 Å². The lowest BCUT2D eigenvalue weighted by Crippen LogP contribution is -2.31. The highest BCUT2D eigenvalue weighted by Gasteiger charge is 2.26. The highest BCUT2D eigenvalue weighted by Crippen LogP contribution is 2.33. The van der Waals surface area contributed by atoms with Crippen molar-refractivity contribution in [1.29, 1.82) is 0 Å². The molecule has 0 spiro atoms. The minimum Gasteiger partial charge on any atom is -0.490 e. The molecule has 1 aromatic heterocycles. The molecule has 1 aliphatic carbocycles. The number of halogens is 1. The average molecular weight is 403 g/mol. The van der Waals surface area contributed by atoms with Gasteiger partial charge in [-0.25, -0.2) is 0 Å². The van der Waals surface area contributed by atoms with Gasteiger partial charge in [0.25, 0.3) is 0 Å². The molecule has 0 N–H and O–H groups in total. The molecule has 2 aromatic rings. The van der Waals surface area contributed by atoms with Crippen molar-refractivity contribution in [2.24, 2.45) is 5.92 Å². The third kappa shape index (κ3) is 3.82. The number of fused-ring (bicyclic) bond motifs is 1. The van der Waals surface area contributed by atoms with E-state index in [4.69, 9.17) is 9.57 Å². The lowest BCUT2D eigenvalue weighted by Gasteiger charge is -2.31. The van der Waals surface area contributed by atoms with Crippen molar-refractivity contribution in [1.82, 2.24) is 10.0 Å². The topological polar surface area (TPSA) is 34.6 Å². The van der Waals surface area contributed by atoms with Gasteiger partial charge in [0.1, 0.15) is 11.5 Å². The number of rotatable bonds is 4. The van der Waals surface area contributed by atoms with Gasteiger partial charge in [-0.15, -0.1) is 5.06 Å². The summed E-state index contributed by atoms with van der Waals surface area (Å²) >= 11 is 3.57. The highest BCUT2D eigenvalue weighted by molar-refractivity contribution is 9.10. The van der Waals surface area contributed by atoms with Gasteiger partial charge in [-0.3, -0.25) is 4.98 Å². The van der Waals surface area contributed by atoms with E-state index in [0.29, 0.717) is 12.0 Å². The molecule has 0 atom stereocenters. The Morgan fingerprint density at radius 2 is 2.08 bits per heavy atom. The maximum atomic E-state index is 6.34. The largest absolute Gasteiger partial charge is 0.490 e.